The lowest BCUT2D eigenvalue weighted by Crippen LogP contribution is -1.81. The monoisotopic (exact) mass is 144 g/mol. The van der Waals surface area contributed by atoms with Crippen LogP contribution in [0.2, 0.25) is 0 Å². The maximum absolute atomic E-state index is 3.90. The summed E-state index contributed by atoms with van der Waals surface area (Å²) in [5.41, 5.74) is 0. The molecule has 0 atom stereocenters. The third-order valence-electron chi connectivity index (χ3n) is 0.789. The van der Waals surface area contributed by atoms with Crippen LogP contribution in [0.5, 0.6) is 0 Å². The first-order chi connectivity index (χ1) is 4.41. The van der Waals surface area contributed by atoms with Gasteiger partial charge in [-0.3, -0.25) is 0 Å². The van der Waals surface area contributed by atoms with Crippen LogP contribution in [0.15, 0.2) is 9.98 Å². The first-order valence-corrected chi connectivity index (χ1v) is 4.30. The molecular weight excluding hydrogens is 132 g/mol. The fourth-order valence-corrected chi connectivity index (χ4v) is 0.826. The zero-order valence-electron chi connectivity index (χ0n) is 5.92. The molecule has 0 aromatic rings. The van der Waals surface area contributed by atoms with Gasteiger partial charge in [-0.1, -0.05) is 0 Å². The van der Waals surface area contributed by atoms with Gasteiger partial charge in [0.25, 0.3) is 0 Å². The topological polar surface area (TPSA) is 24.7 Å². The molecule has 0 fully saturated rings. The second kappa shape index (κ2) is 7.73. The minimum absolute atomic E-state index is 0.859. The molecule has 0 aromatic carbocycles. The maximum Gasteiger partial charge on any atom is 0.0889 e. The van der Waals surface area contributed by atoms with Gasteiger partial charge >= 0.3 is 0 Å². The molecule has 0 amide bonds. The molecule has 0 aliphatic carbocycles. The SMILES string of the molecule is CN=C=NCCCSC. The molecule has 2 nitrogen and oxygen atoms in total. The molecular formula is C6H12N2S. The van der Waals surface area contributed by atoms with E-state index in [1.165, 1.54) is 5.75 Å². The van der Waals surface area contributed by atoms with Crippen molar-refractivity contribution < 1.29 is 0 Å². The van der Waals surface area contributed by atoms with E-state index >= 15 is 0 Å². The van der Waals surface area contributed by atoms with Crippen molar-refractivity contribution in [2.24, 2.45) is 9.98 Å². The number of aliphatic imine (C=N–C) groups is 2. The Kier molecular flexibility index (Phi) is 7.50. The predicted octanol–water partition coefficient (Wildman–Crippen LogP) is 1.54. The molecule has 0 saturated heterocycles. The normalized spacial score (nSPS) is 8.22. The summed E-state index contributed by atoms with van der Waals surface area (Å²) >= 11 is 1.84. The number of nitrogens with zero attached hydrogens (tertiary/aromatic N) is 2. The summed E-state index contributed by atoms with van der Waals surface area (Å²) in [5, 5.41) is 0. The molecule has 0 heterocycles. The molecule has 0 rings (SSSR count). The second-order valence-electron chi connectivity index (χ2n) is 1.55. The van der Waals surface area contributed by atoms with Crippen LogP contribution in [0.25, 0.3) is 0 Å². The molecule has 52 valence electrons. The standard InChI is InChI=1S/C6H12N2S/c1-7-6-8-4-3-5-9-2/h3-5H2,1-2H3. The van der Waals surface area contributed by atoms with Crippen molar-refractivity contribution in [3.8, 4) is 0 Å². The highest BCUT2D eigenvalue weighted by Gasteiger charge is 1.79. The zero-order valence-corrected chi connectivity index (χ0v) is 6.74. The summed E-state index contributed by atoms with van der Waals surface area (Å²) in [6, 6.07) is 2.55. The first kappa shape index (κ1) is 8.73. The Balaban J connectivity index is 3.00. The minimum atomic E-state index is 0.859. The van der Waals surface area contributed by atoms with E-state index in [9.17, 15) is 0 Å². The van der Waals surface area contributed by atoms with Crippen LogP contribution in [0.3, 0.4) is 0 Å². The van der Waals surface area contributed by atoms with Gasteiger partial charge in [0.2, 0.25) is 0 Å². The van der Waals surface area contributed by atoms with Crippen LogP contribution in [-0.4, -0.2) is 31.6 Å². The molecule has 0 spiro atoms. The summed E-state index contributed by atoms with van der Waals surface area (Å²) < 4.78 is 0. The number of hydrogen-bond donors (Lipinski definition) is 0. The highest BCUT2D eigenvalue weighted by atomic mass is 32.2. The molecule has 0 aliphatic rings. The summed E-state index contributed by atoms with van der Waals surface area (Å²) in [6.07, 6.45) is 3.22. The molecule has 0 radical (unpaired) electrons. The number of thioether (sulfide) groups is 1. The summed E-state index contributed by atoms with van der Waals surface area (Å²) in [4.78, 5) is 7.51. The van der Waals surface area contributed by atoms with Crippen molar-refractivity contribution in [1.82, 2.24) is 0 Å². The van der Waals surface area contributed by atoms with E-state index < -0.39 is 0 Å². The van der Waals surface area contributed by atoms with Crippen molar-refractivity contribution in [2.75, 3.05) is 25.6 Å². The first-order valence-electron chi connectivity index (χ1n) is 2.91. The van der Waals surface area contributed by atoms with Crippen LogP contribution in [0.4, 0.5) is 0 Å². The van der Waals surface area contributed by atoms with Crippen molar-refractivity contribution in [3.05, 3.63) is 0 Å². The second-order valence-corrected chi connectivity index (χ2v) is 2.54. The van der Waals surface area contributed by atoms with Crippen molar-refractivity contribution >= 4 is 17.8 Å². The van der Waals surface area contributed by atoms with Crippen molar-refractivity contribution in [2.45, 2.75) is 6.42 Å². The molecule has 0 unspecified atom stereocenters. The average Bonchev–Trinajstić information content (AvgIpc) is 1.89. The Bertz CT molecular complexity index is 106. The molecule has 0 aliphatic heterocycles. The van der Waals surface area contributed by atoms with Gasteiger partial charge in [-0.2, -0.15) is 11.8 Å². The van der Waals surface area contributed by atoms with Gasteiger partial charge in [-0.15, -0.1) is 0 Å². The van der Waals surface area contributed by atoms with E-state index in [4.69, 9.17) is 0 Å². The van der Waals surface area contributed by atoms with E-state index in [0.29, 0.717) is 0 Å². The Morgan fingerprint density at radius 1 is 1.56 bits per heavy atom. The Morgan fingerprint density at radius 2 is 2.33 bits per heavy atom. The quantitative estimate of drug-likeness (QED) is 0.434. The van der Waals surface area contributed by atoms with Gasteiger partial charge < -0.3 is 0 Å². The van der Waals surface area contributed by atoms with Gasteiger partial charge in [0.05, 0.1) is 12.6 Å². The van der Waals surface area contributed by atoms with Gasteiger partial charge in [0.1, 0.15) is 0 Å². The molecule has 3 heteroatoms. The highest BCUT2D eigenvalue weighted by molar-refractivity contribution is 7.98. The molecule has 0 N–H and O–H groups in total. The summed E-state index contributed by atoms with van der Waals surface area (Å²) in [7, 11) is 1.68. The van der Waals surface area contributed by atoms with Crippen molar-refractivity contribution in [1.29, 1.82) is 0 Å². The molecule has 0 bridgehead atoms. The molecule has 0 saturated carbocycles. The van der Waals surface area contributed by atoms with Gasteiger partial charge in [0, 0.05) is 7.05 Å². The zero-order chi connectivity index (χ0) is 6.95. The third kappa shape index (κ3) is 7.73. The highest BCUT2D eigenvalue weighted by Crippen LogP contribution is 1.93. The lowest BCUT2D eigenvalue weighted by Gasteiger charge is -1.87. The van der Waals surface area contributed by atoms with Crippen LogP contribution in [0, 0.1) is 0 Å². The van der Waals surface area contributed by atoms with E-state index in [-0.39, 0.29) is 0 Å². The Labute approximate surface area is 60.5 Å². The van der Waals surface area contributed by atoms with Gasteiger partial charge in [0.15, 0.2) is 0 Å². The Morgan fingerprint density at radius 3 is 2.89 bits per heavy atom. The molecule has 9 heavy (non-hydrogen) atoms. The lowest BCUT2D eigenvalue weighted by atomic mass is 10.5. The fourth-order valence-electron chi connectivity index (χ4n) is 0.409. The van der Waals surface area contributed by atoms with Gasteiger partial charge in [-0.25, -0.2) is 9.98 Å². The van der Waals surface area contributed by atoms with E-state index in [1.54, 1.807) is 7.05 Å². The van der Waals surface area contributed by atoms with Gasteiger partial charge in [-0.05, 0) is 18.4 Å². The third-order valence-corrected chi connectivity index (χ3v) is 1.49. The predicted molar refractivity (Wildman–Crippen MR) is 43.7 cm³/mol. The molecule has 0 aromatic heterocycles. The minimum Gasteiger partial charge on any atom is -0.229 e. The van der Waals surface area contributed by atoms with E-state index in [1.807, 2.05) is 11.8 Å². The maximum atomic E-state index is 3.90. The smallest absolute Gasteiger partial charge is 0.0889 e. The van der Waals surface area contributed by atoms with Crippen LogP contribution in [-0.2, 0) is 0 Å². The summed E-state index contributed by atoms with van der Waals surface area (Å²) in [6.45, 7) is 0.859. The number of rotatable bonds is 4. The lowest BCUT2D eigenvalue weighted by molar-refractivity contribution is 0.949. The van der Waals surface area contributed by atoms with Crippen LogP contribution >= 0.6 is 11.8 Å². The average molecular weight is 144 g/mol. The van der Waals surface area contributed by atoms with E-state index in [2.05, 4.69) is 22.2 Å². The number of hydrogen-bond acceptors (Lipinski definition) is 3. The Hall–Kier alpha value is -0.270. The summed E-state index contributed by atoms with van der Waals surface area (Å²) in [5.74, 6) is 1.18. The largest absolute Gasteiger partial charge is 0.229 e. The van der Waals surface area contributed by atoms with Crippen LogP contribution < -0.4 is 0 Å². The van der Waals surface area contributed by atoms with Crippen molar-refractivity contribution in [3.63, 3.8) is 0 Å². The fraction of sp³-hybridized carbons (Fsp3) is 0.833. The van der Waals surface area contributed by atoms with Crippen LogP contribution in [0.1, 0.15) is 6.42 Å². The van der Waals surface area contributed by atoms with E-state index in [0.717, 1.165) is 13.0 Å².